The number of ether oxygens (including phenoxy) is 1. The summed E-state index contributed by atoms with van der Waals surface area (Å²) in [7, 11) is 1.51. The van der Waals surface area contributed by atoms with Crippen LogP contribution in [-0.2, 0) is 19.2 Å². The van der Waals surface area contributed by atoms with E-state index in [9.17, 15) is 24.6 Å². The Kier molecular flexibility index (Phi) is 6.57. The monoisotopic (exact) mass is 642 g/mol. The van der Waals surface area contributed by atoms with Gasteiger partial charge in [-0.2, -0.15) is 0 Å². The van der Waals surface area contributed by atoms with Gasteiger partial charge in [0.05, 0.1) is 23.9 Å². The van der Waals surface area contributed by atoms with Gasteiger partial charge < -0.3 is 14.9 Å². The molecule has 10 heteroatoms. The van der Waals surface area contributed by atoms with Crippen molar-refractivity contribution >= 4 is 56.4 Å². The molecule has 0 saturated carbocycles. The first-order chi connectivity index (χ1) is 20.4. The zero-order chi connectivity index (χ0) is 30.8. The maximum absolute atomic E-state index is 15.1. The van der Waals surface area contributed by atoms with Gasteiger partial charge in [-0.15, -0.1) is 0 Å². The summed E-state index contributed by atoms with van der Waals surface area (Å²) in [6.07, 6.45) is 0.289. The summed E-state index contributed by atoms with van der Waals surface area (Å²) in [6, 6.07) is 18.7. The summed E-state index contributed by atoms with van der Waals surface area (Å²) in [5.74, 6) is -4.01. The van der Waals surface area contributed by atoms with Gasteiger partial charge in [0, 0.05) is 27.8 Å². The fourth-order valence-electron chi connectivity index (χ4n) is 6.34. The molecule has 1 saturated heterocycles. The number of rotatable bonds is 4. The summed E-state index contributed by atoms with van der Waals surface area (Å²) in [6.45, 7) is 3.80. The van der Waals surface area contributed by atoms with Crippen LogP contribution in [0.15, 0.2) is 94.1 Å². The third kappa shape index (κ3) is 4.11. The summed E-state index contributed by atoms with van der Waals surface area (Å²) in [4.78, 5) is 59.6. The van der Waals surface area contributed by atoms with Gasteiger partial charge in [-0.1, -0.05) is 54.0 Å². The van der Waals surface area contributed by atoms with Crippen molar-refractivity contribution in [2.45, 2.75) is 32.2 Å². The number of hydrogen-bond donors (Lipinski definition) is 2. The number of allylic oxidation sites excluding steroid dienone is 1. The summed E-state index contributed by atoms with van der Waals surface area (Å²) in [5, 5.41) is 22.7. The van der Waals surface area contributed by atoms with Crippen molar-refractivity contribution in [3.05, 3.63) is 99.7 Å². The van der Waals surface area contributed by atoms with Crippen molar-refractivity contribution in [2.24, 2.45) is 5.41 Å². The Morgan fingerprint density at radius 1 is 0.907 bits per heavy atom. The molecular formula is C33H27BrN2O7. The first-order valence-electron chi connectivity index (χ1n) is 13.5. The highest BCUT2D eigenvalue weighted by Gasteiger charge is 2.71. The number of aliphatic hydroxyl groups excluding tert-OH is 1. The maximum Gasteiger partial charge on any atom is 0.300 e. The van der Waals surface area contributed by atoms with E-state index in [1.54, 1.807) is 42.5 Å². The van der Waals surface area contributed by atoms with Crippen LogP contribution >= 0.6 is 15.9 Å². The molecule has 6 rings (SSSR count). The first kappa shape index (κ1) is 28.4. The van der Waals surface area contributed by atoms with Crippen LogP contribution in [0.25, 0.3) is 5.76 Å². The molecule has 3 aliphatic rings. The molecule has 1 unspecified atom stereocenters. The van der Waals surface area contributed by atoms with E-state index in [1.807, 2.05) is 13.8 Å². The Morgan fingerprint density at radius 3 is 2.19 bits per heavy atom. The van der Waals surface area contributed by atoms with Gasteiger partial charge in [0.2, 0.25) is 0 Å². The van der Waals surface area contributed by atoms with E-state index in [2.05, 4.69) is 15.9 Å². The highest BCUT2D eigenvalue weighted by atomic mass is 79.9. The Balaban J connectivity index is 1.74. The lowest BCUT2D eigenvalue weighted by atomic mass is 9.70. The summed E-state index contributed by atoms with van der Waals surface area (Å²) in [5.41, 5.74) is -2.83. The van der Waals surface area contributed by atoms with Crippen LogP contribution < -0.4 is 14.5 Å². The number of nitrogens with zero attached hydrogens (tertiary/aromatic N) is 2. The van der Waals surface area contributed by atoms with Crippen LogP contribution in [0.3, 0.4) is 0 Å². The number of phenolic OH excluding ortho intramolecular Hbond substituents is 1. The first-order valence-corrected chi connectivity index (χ1v) is 14.3. The number of fused-ring (bicyclic) bond motifs is 1. The second-order valence-electron chi connectivity index (χ2n) is 11.5. The number of ketones is 2. The van der Waals surface area contributed by atoms with Crippen molar-refractivity contribution in [3.63, 3.8) is 0 Å². The molecule has 2 aliphatic heterocycles. The lowest BCUT2D eigenvalue weighted by Gasteiger charge is -2.37. The van der Waals surface area contributed by atoms with Gasteiger partial charge in [-0.05, 0) is 60.4 Å². The van der Waals surface area contributed by atoms with E-state index in [0.717, 1.165) is 4.90 Å². The molecule has 1 spiro atoms. The van der Waals surface area contributed by atoms with Crippen LogP contribution in [0.5, 0.6) is 11.5 Å². The summed E-state index contributed by atoms with van der Waals surface area (Å²) < 4.78 is 5.99. The number of hydrogen-bond acceptors (Lipinski definition) is 7. The zero-order valence-corrected chi connectivity index (χ0v) is 25.1. The Labute approximate surface area is 255 Å². The minimum atomic E-state index is -2.38. The van der Waals surface area contributed by atoms with Gasteiger partial charge in [0.1, 0.15) is 17.3 Å². The molecule has 1 fully saturated rings. The zero-order valence-electron chi connectivity index (χ0n) is 23.6. The van der Waals surface area contributed by atoms with Gasteiger partial charge in [0.15, 0.2) is 11.3 Å². The molecule has 2 amide bonds. The number of methoxy groups -OCH3 is 1. The van der Waals surface area contributed by atoms with E-state index < -0.39 is 45.7 Å². The molecule has 1 aliphatic carbocycles. The highest BCUT2D eigenvalue weighted by Crippen LogP contribution is 2.57. The fourth-order valence-corrected chi connectivity index (χ4v) is 6.60. The number of carbonyl (C=O) groups is 4. The van der Waals surface area contributed by atoms with E-state index in [0.29, 0.717) is 21.6 Å². The number of phenols is 1. The van der Waals surface area contributed by atoms with Gasteiger partial charge in [0.25, 0.3) is 11.7 Å². The molecule has 9 nitrogen and oxygen atoms in total. The summed E-state index contributed by atoms with van der Waals surface area (Å²) >= 11 is 3.35. The molecule has 218 valence electrons. The Hall–Kier alpha value is -4.70. The van der Waals surface area contributed by atoms with Crippen LogP contribution in [0.4, 0.5) is 11.4 Å². The van der Waals surface area contributed by atoms with Crippen molar-refractivity contribution in [1.82, 2.24) is 0 Å². The molecule has 1 atom stereocenters. The molecule has 0 radical (unpaired) electrons. The van der Waals surface area contributed by atoms with E-state index in [-0.39, 0.29) is 35.4 Å². The lowest BCUT2D eigenvalue weighted by Crippen LogP contribution is -2.56. The standard InChI is InChI=1S/C33H27BrN2O7/c1-32(2)16-23-26(25(38)17-32)33(31(42)35(23)20-12-14-21(43-3)15-13-20)27(28(39)18-8-10-19(34)11-9-18)29(40)30(41)36(33)22-6-4-5-7-24(22)37/h4-15,37,39H,16-17H2,1-3H3/b28-27-. The lowest BCUT2D eigenvalue weighted by molar-refractivity contribution is -0.132. The number of aliphatic hydroxyl groups is 1. The van der Waals surface area contributed by atoms with Crippen molar-refractivity contribution in [3.8, 4) is 11.5 Å². The Bertz CT molecular complexity index is 1790. The molecule has 0 aromatic heterocycles. The Morgan fingerprint density at radius 2 is 1.56 bits per heavy atom. The molecule has 3 aromatic carbocycles. The second kappa shape index (κ2) is 9.95. The number of anilines is 2. The van der Waals surface area contributed by atoms with Crippen molar-refractivity contribution in [2.75, 3.05) is 16.9 Å². The smallest absolute Gasteiger partial charge is 0.300 e. The van der Waals surface area contributed by atoms with Crippen LogP contribution in [-0.4, -0.2) is 46.2 Å². The van der Waals surface area contributed by atoms with E-state index >= 15 is 4.79 Å². The van der Waals surface area contributed by atoms with E-state index in [1.165, 1.54) is 42.3 Å². The SMILES string of the molecule is COc1ccc(N2C(=O)C3(C4=C2CC(C)(C)CC4=O)/C(=C(\O)c2ccc(Br)cc2)C(=O)C(=O)N3c2ccccc2O)cc1. The van der Waals surface area contributed by atoms with Crippen molar-refractivity contribution < 1.29 is 34.1 Å². The average molecular weight is 643 g/mol. The number of carbonyl (C=O) groups excluding carboxylic acids is 4. The number of halogens is 1. The third-order valence-corrected chi connectivity index (χ3v) is 8.65. The van der Waals surface area contributed by atoms with Gasteiger partial charge in [-0.3, -0.25) is 29.0 Å². The molecule has 3 aromatic rings. The van der Waals surface area contributed by atoms with Gasteiger partial charge in [-0.25, -0.2) is 0 Å². The van der Waals surface area contributed by atoms with Gasteiger partial charge >= 0.3 is 5.91 Å². The molecular weight excluding hydrogens is 616 g/mol. The quantitative estimate of drug-likeness (QED) is 0.219. The second-order valence-corrected chi connectivity index (χ2v) is 12.4. The number of benzene rings is 3. The van der Waals surface area contributed by atoms with E-state index in [4.69, 9.17) is 4.74 Å². The number of aromatic hydroxyl groups is 1. The topological polar surface area (TPSA) is 124 Å². The normalized spacial score (nSPS) is 22.5. The van der Waals surface area contributed by atoms with Crippen LogP contribution in [0, 0.1) is 5.41 Å². The maximum atomic E-state index is 15.1. The van der Waals surface area contributed by atoms with Crippen molar-refractivity contribution in [1.29, 1.82) is 0 Å². The number of amides is 2. The molecule has 0 bridgehead atoms. The highest BCUT2D eigenvalue weighted by molar-refractivity contribution is 9.10. The predicted octanol–water partition coefficient (Wildman–Crippen LogP) is 5.48. The fraction of sp³-hybridized carbons (Fsp3) is 0.212. The minimum Gasteiger partial charge on any atom is -0.507 e. The number of Topliss-reactive ketones (excluding diaryl/α,β-unsaturated/α-hetero) is 2. The molecule has 2 heterocycles. The predicted molar refractivity (Wildman–Crippen MR) is 163 cm³/mol. The number of para-hydroxylation sites is 2. The van der Waals surface area contributed by atoms with Crippen LogP contribution in [0.2, 0.25) is 0 Å². The van der Waals surface area contributed by atoms with Crippen LogP contribution in [0.1, 0.15) is 32.3 Å². The third-order valence-electron chi connectivity index (χ3n) is 8.13. The minimum absolute atomic E-state index is 0.0284. The average Bonchev–Trinajstić information content (AvgIpc) is 3.34. The molecule has 43 heavy (non-hydrogen) atoms. The largest absolute Gasteiger partial charge is 0.507 e. The molecule has 2 N–H and O–H groups in total.